The highest BCUT2D eigenvalue weighted by atomic mass is 35.5. The maximum Gasteiger partial charge on any atom is 0.258 e. The van der Waals surface area contributed by atoms with Crippen LogP contribution in [-0.4, -0.2) is 24.2 Å². The number of fused-ring (bicyclic) bond motifs is 1. The molecule has 1 aromatic carbocycles. The summed E-state index contributed by atoms with van der Waals surface area (Å²) in [5.74, 6) is -0.175. The van der Waals surface area contributed by atoms with Crippen molar-refractivity contribution in [3.8, 4) is 11.8 Å². The highest BCUT2D eigenvalue weighted by molar-refractivity contribution is 6.30. The van der Waals surface area contributed by atoms with E-state index >= 15 is 0 Å². The Balaban J connectivity index is 2.08. The number of allylic oxidation sites excluding steroid dienone is 1. The van der Waals surface area contributed by atoms with Gasteiger partial charge in [-0.25, -0.2) is 0 Å². The van der Waals surface area contributed by atoms with Gasteiger partial charge in [-0.3, -0.25) is 4.79 Å². The average Bonchev–Trinajstić information content (AvgIpc) is 2.72. The van der Waals surface area contributed by atoms with E-state index in [0.717, 1.165) is 37.3 Å². The maximum absolute atomic E-state index is 13.6. The van der Waals surface area contributed by atoms with Crippen LogP contribution in [0.3, 0.4) is 0 Å². The third-order valence-corrected chi connectivity index (χ3v) is 6.02. The highest BCUT2D eigenvalue weighted by Gasteiger charge is 2.34. The van der Waals surface area contributed by atoms with E-state index in [1.165, 1.54) is 4.90 Å². The first kappa shape index (κ1) is 21.9. The zero-order valence-electron chi connectivity index (χ0n) is 17.7. The van der Waals surface area contributed by atoms with Crippen molar-refractivity contribution in [1.29, 1.82) is 5.26 Å². The number of halogens is 1. The summed E-state index contributed by atoms with van der Waals surface area (Å²) in [6.07, 6.45) is 0.891. The standard InChI is InChI=1S/C23H27ClN4O2/c1-4-27(5-2)10-7-11-28-15(3)12-19-21(23(28)29)20(18(14-25)22(26)30-19)16-8-6-9-17(24)13-16/h6,8-9,12-13,20H,4-5,7,10-11,26H2,1-3H3/p+1/t20-/m0/s1. The number of rotatable bonds is 7. The van der Waals surface area contributed by atoms with Crippen LogP contribution in [-0.2, 0) is 6.54 Å². The SMILES string of the molecule is CC[NH+](CC)CCCn1c(C)cc2c(c1=O)[C@@H](c1cccc(Cl)c1)C(C#N)=C(N)O2. The second-order valence-corrected chi connectivity index (χ2v) is 8.00. The van der Waals surface area contributed by atoms with Gasteiger partial charge >= 0.3 is 0 Å². The number of aryl methyl sites for hydroxylation is 1. The number of benzene rings is 1. The Kier molecular flexibility index (Phi) is 6.86. The van der Waals surface area contributed by atoms with Crippen LogP contribution in [0.2, 0.25) is 5.02 Å². The molecule has 158 valence electrons. The van der Waals surface area contributed by atoms with Crippen LogP contribution in [0.15, 0.2) is 46.6 Å². The van der Waals surface area contributed by atoms with E-state index in [2.05, 4.69) is 19.9 Å². The molecule has 30 heavy (non-hydrogen) atoms. The first-order chi connectivity index (χ1) is 14.4. The van der Waals surface area contributed by atoms with Crippen LogP contribution in [0.4, 0.5) is 0 Å². The van der Waals surface area contributed by atoms with Gasteiger partial charge in [0.15, 0.2) is 0 Å². The van der Waals surface area contributed by atoms with Crippen LogP contribution < -0.4 is 20.9 Å². The minimum atomic E-state index is -0.606. The molecule has 0 amide bonds. The molecule has 2 aromatic rings. The predicted octanol–water partition coefficient (Wildman–Crippen LogP) is 2.34. The molecule has 1 atom stereocenters. The number of nitrogens with one attached hydrogen (secondary N) is 1. The van der Waals surface area contributed by atoms with E-state index in [9.17, 15) is 10.1 Å². The molecule has 0 saturated carbocycles. The Labute approximate surface area is 182 Å². The summed E-state index contributed by atoms with van der Waals surface area (Å²) in [5, 5.41) is 10.3. The number of hydrogen-bond donors (Lipinski definition) is 2. The van der Waals surface area contributed by atoms with Gasteiger partial charge in [0.2, 0.25) is 5.88 Å². The number of hydrogen-bond acceptors (Lipinski definition) is 4. The van der Waals surface area contributed by atoms with Gasteiger partial charge in [-0.15, -0.1) is 0 Å². The van der Waals surface area contributed by atoms with Crippen molar-refractivity contribution in [2.75, 3.05) is 19.6 Å². The van der Waals surface area contributed by atoms with Crippen molar-refractivity contribution < 1.29 is 9.64 Å². The lowest BCUT2D eigenvalue weighted by atomic mass is 9.84. The molecule has 0 bridgehead atoms. The molecule has 7 heteroatoms. The lowest BCUT2D eigenvalue weighted by Gasteiger charge is -2.27. The number of nitrogens with zero attached hydrogens (tertiary/aromatic N) is 2. The van der Waals surface area contributed by atoms with Crippen LogP contribution >= 0.6 is 11.6 Å². The van der Waals surface area contributed by atoms with Gasteiger partial charge in [-0.2, -0.15) is 5.26 Å². The van der Waals surface area contributed by atoms with Gasteiger partial charge in [0.1, 0.15) is 17.4 Å². The maximum atomic E-state index is 13.6. The van der Waals surface area contributed by atoms with Gasteiger partial charge in [-0.1, -0.05) is 23.7 Å². The highest BCUT2D eigenvalue weighted by Crippen LogP contribution is 2.40. The summed E-state index contributed by atoms with van der Waals surface area (Å²) in [7, 11) is 0. The Morgan fingerprint density at radius 1 is 1.30 bits per heavy atom. The van der Waals surface area contributed by atoms with Crippen LogP contribution in [0.1, 0.15) is 43.0 Å². The summed E-state index contributed by atoms with van der Waals surface area (Å²) in [6, 6.07) is 11.1. The van der Waals surface area contributed by atoms with E-state index in [1.54, 1.807) is 22.8 Å². The van der Waals surface area contributed by atoms with Gasteiger partial charge in [0.25, 0.3) is 5.56 Å². The first-order valence-electron chi connectivity index (χ1n) is 10.3. The molecule has 3 rings (SSSR count). The third-order valence-electron chi connectivity index (χ3n) is 5.78. The van der Waals surface area contributed by atoms with Crippen LogP contribution in [0, 0.1) is 18.3 Å². The molecular weight excluding hydrogens is 400 g/mol. The fraction of sp³-hybridized carbons (Fsp3) is 0.391. The van der Waals surface area contributed by atoms with E-state index in [4.69, 9.17) is 22.1 Å². The fourth-order valence-electron chi connectivity index (χ4n) is 4.07. The Morgan fingerprint density at radius 2 is 2.03 bits per heavy atom. The summed E-state index contributed by atoms with van der Waals surface area (Å²) in [4.78, 5) is 15.1. The molecule has 2 heterocycles. The number of ether oxygens (including phenoxy) is 1. The number of pyridine rings is 1. The van der Waals surface area contributed by atoms with Crippen molar-refractivity contribution >= 4 is 11.6 Å². The smallest absolute Gasteiger partial charge is 0.258 e. The van der Waals surface area contributed by atoms with E-state index in [1.807, 2.05) is 19.1 Å². The number of quaternary nitrogens is 1. The van der Waals surface area contributed by atoms with Gasteiger partial charge in [0.05, 0.1) is 31.1 Å². The lowest BCUT2D eigenvalue weighted by Crippen LogP contribution is -3.11. The second kappa shape index (κ2) is 9.38. The quantitative estimate of drug-likeness (QED) is 0.710. The zero-order chi connectivity index (χ0) is 21.8. The van der Waals surface area contributed by atoms with E-state index < -0.39 is 5.92 Å². The largest absolute Gasteiger partial charge is 0.440 e. The van der Waals surface area contributed by atoms with Crippen molar-refractivity contribution in [2.45, 2.75) is 39.7 Å². The Bertz CT molecular complexity index is 1060. The zero-order valence-corrected chi connectivity index (χ0v) is 18.4. The van der Waals surface area contributed by atoms with Crippen molar-refractivity contribution in [3.05, 3.63) is 74.0 Å². The van der Waals surface area contributed by atoms with Gasteiger partial charge in [0, 0.05) is 29.7 Å². The number of aromatic nitrogens is 1. The van der Waals surface area contributed by atoms with E-state index in [0.29, 0.717) is 22.9 Å². The molecule has 0 saturated heterocycles. The molecule has 0 fully saturated rings. The molecule has 0 spiro atoms. The first-order valence-corrected chi connectivity index (χ1v) is 10.7. The minimum Gasteiger partial charge on any atom is -0.440 e. The molecular formula is C23H28ClN4O2+. The van der Waals surface area contributed by atoms with Gasteiger partial charge in [-0.05, 0) is 38.5 Å². The summed E-state index contributed by atoms with van der Waals surface area (Å²) in [6.45, 7) is 9.98. The second-order valence-electron chi connectivity index (χ2n) is 7.56. The third kappa shape index (κ3) is 4.23. The Hall–Kier alpha value is -2.75. The average molecular weight is 428 g/mol. The van der Waals surface area contributed by atoms with Crippen molar-refractivity contribution in [2.24, 2.45) is 5.73 Å². The topological polar surface area (TPSA) is 85.5 Å². The lowest BCUT2D eigenvalue weighted by molar-refractivity contribution is -0.896. The van der Waals surface area contributed by atoms with Gasteiger partial charge < -0.3 is 19.9 Å². The van der Waals surface area contributed by atoms with E-state index in [-0.39, 0.29) is 17.0 Å². The molecule has 1 aliphatic rings. The minimum absolute atomic E-state index is 0.0247. The Morgan fingerprint density at radius 3 is 2.67 bits per heavy atom. The van der Waals surface area contributed by atoms with Crippen LogP contribution in [0.25, 0.3) is 0 Å². The summed E-state index contributed by atoms with van der Waals surface area (Å²) in [5.41, 5.74) is 8.11. The molecule has 0 aliphatic carbocycles. The molecule has 1 aliphatic heterocycles. The summed E-state index contributed by atoms with van der Waals surface area (Å²) >= 11 is 6.19. The number of nitrogens with two attached hydrogens (primary N) is 1. The fourth-order valence-corrected chi connectivity index (χ4v) is 4.27. The molecule has 0 unspecified atom stereocenters. The monoisotopic (exact) mass is 427 g/mol. The predicted molar refractivity (Wildman–Crippen MR) is 118 cm³/mol. The molecule has 1 aromatic heterocycles. The molecule has 0 radical (unpaired) electrons. The van der Waals surface area contributed by atoms with Crippen molar-refractivity contribution in [1.82, 2.24) is 4.57 Å². The van der Waals surface area contributed by atoms with Crippen molar-refractivity contribution in [3.63, 3.8) is 0 Å². The normalized spacial score (nSPS) is 15.7. The number of nitriles is 1. The summed E-state index contributed by atoms with van der Waals surface area (Å²) < 4.78 is 7.47. The van der Waals surface area contributed by atoms with Crippen LogP contribution in [0.5, 0.6) is 5.75 Å². The molecule has 3 N–H and O–H groups in total. The molecule has 6 nitrogen and oxygen atoms in total.